The predicted octanol–water partition coefficient (Wildman–Crippen LogP) is 2.24. The molecule has 0 fully saturated rings. The first-order valence-electron chi connectivity index (χ1n) is 8.52. The van der Waals surface area contributed by atoms with E-state index in [2.05, 4.69) is 20.5 Å². The molecule has 0 atom stereocenters. The zero-order valence-corrected chi connectivity index (χ0v) is 14.6. The Morgan fingerprint density at radius 2 is 1.79 bits per heavy atom. The minimum atomic E-state index is -4.70. The van der Waals surface area contributed by atoms with Gasteiger partial charge in [0, 0.05) is 23.8 Å². The van der Waals surface area contributed by atoms with Gasteiger partial charge in [0.2, 0.25) is 0 Å². The fourth-order valence-electron chi connectivity index (χ4n) is 2.86. The molecule has 4 rings (SSSR count). The maximum absolute atomic E-state index is 12.3. The molecule has 2 aromatic carbocycles. The summed E-state index contributed by atoms with van der Waals surface area (Å²) in [6.07, 6.45) is 0.858. The highest BCUT2D eigenvalue weighted by atomic mass is 19.4. The van der Waals surface area contributed by atoms with Crippen molar-refractivity contribution in [1.82, 2.24) is 20.3 Å². The number of fused-ring (bicyclic) bond motifs is 1. The standard InChI is InChI=1S/C19H16F3N5O/c20-19(21,22)28-17-5-2-14(3-6-17)15-4-7-18-16(12-15)13-27(25-24-18)11-10-26-9-1-8-23-26/h1-9,12-13,25H,10-11H2. The molecule has 1 aliphatic rings. The van der Waals surface area contributed by atoms with Gasteiger partial charge in [-0.3, -0.25) is 9.69 Å². The number of aromatic nitrogens is 2. The van der Waals surface area contributed by atoms with Crippen LogP contribution in [0.4, 0.5) is 13.2 Å². The number of ether oxygens (including phenoxy) is 1. The summed E-state index contributed by atoms with van der Waals surface area (Å²) < 4.78 is 42.6. The number of halogens is 3. The smallest absolute Gasteiger partial charge is 0.406 e. The molecule has 2 heterocycles. The van der Waals surface area contributed by atoms with E-state index in [0.717, 1.165) is 21.7 Å². The van der Waals surface area contributed by atoms with Gasteiger partial charge >= 0.3 is 6.36 Å². The summed E-state index contributed by atoms with van der Waals surface area (Å²) in [5.74, 6) is -0.246. The zero-order chi connectivity index (χ0) is 19.6. The molecule has 9 heteroatoms. The van der Waals surface area contributed by atoms with E-state index in [1.807, 2.05) is 46.4 Å². The number of rotatable bonds is 5. The van der Waals surface area contributed by atoms with Crippen molar-refractivity contribution in [3.8, 4) is 16.9 Å². The second-order valence-corrected chi connectivity index (χ2v) is 6.15. The molecular weight excluding hydrogens is 371 g/mol. The molecule has 0 unspecified atom stereocenters. The Bertz CT molecular complexity index is 1060. The molecule has 0 aliphatic carbocycles. The van der Waals surface area contributed by atoms with Crippen molar-refractivity contribution in [3.05, 3.63) is 71.5 Å². The molecule has 0 radical (unpaired) electrons. The van der Waals surface area contributed by atoms with E-state index in [0.29, 0.717) is 13.1 Å². The van der Waals surface area contributed by atoms with Gasteiger partial charge in [-0.25, -0.2) is 5.53 Å². The van der Waals surface area contributed by atoms with Crippen molar-refractivity contribution in [1.29, 1.82) is 0 Å². The van der Waals surface area contributed by atoms with Crippen LogP contribution >= 0.6 is 0 Å². The van der Waals surface area contributed by atoms with Crippen LogP contribution in [0.2, 0.25) is 0 Å². The number of nitrogens with zero attached hydrogens (tertiary/aromatic N) is 4. The fourth-order valence-corrected chi connectivity index (χ4v) is 2.86. The summed E-state index contributed by atoms with van der Waals surface area (Å²) in [4.78, 5) is 0. The number of hydrazine groups is 1. The summed E-state index contributed by atoms with van der Waals surface area (Å²) >= 11 is 0. The van der Waals surface area contributed by atoms with Gasteiger partial charge < -0.3 is 4.74 Å². The minimum absolute atomic E-state index is 0.246. The van der Waals surface area contributed by atoms with Gasteiger partial charge in [-0.2, -0.15) is 10.2 Å². The molecule has 6 nitrogen and oxygen atoms in total. The van der Waals surface area contributed by atoms with Crippen molar-refractivity contribution >= 4 is 6.20 Å². The van der Waals surface area contributed by atoms with Crippen LogP contribution < -0.4 is 20.8 Å². The first kappa shape index (κ1) is 17.9. The molecule has 3 aromatic rings. The molecule has 1 aliphatic heterocycles. The summed E-state index contributed by atoms with van der Waals surface area (Å²) in [6.45, 7) is 1.36. The minimum Gasteiger partial charge on any atom is -0.406 e. The quantitative estimate of drug-likeness (QED) is 0.730. The lowest BCUT2D eigenvalue weighted by Gasteiger charge is -2.21. The van der Waals surface area contributed by atoms with Crippen molar-refractivity contribution < 1.29 is 17.9 Å². The Kier molecular flexibility index (Phi) is 4.64. The molecule has 0 amide bonds. The Labute approximate surface area is 158 Å². The highest BCUT2D eigenvalue weighted by molar-refractivity contribution is 5.64. The van der Waals surface area contributed by atoms with Gasteiger partial charge in [-0.05, 0) is 41.5 Å². The van der Waals surface area contributed by atoms with Crippen molar-refractivity contribution in [2.45, 2.75) is 12.9 Å². The molecule has 0 spiro atoms. The Morgan fingerprint density at radius 1 is 1.00 bits per heavy atom. The number of benzene rings is 2. The average molecular weight is 387 g/mol. The van der Waals surface area contributed by atoms with E-state index in [4.69, 9.17) is 0 Å². The number of hydrogen-bond donors (Lipinski definition) is 1. The molecular formula is C19H16F3N5O. The van der Waals surface area contributed by atoms with Crippen LogP contribution in [0.15, 0.2) is 66.0 Å². The fraction of sp³-hybridized carbons (Fsp3) is 0.158. The third-order valence-corrected chi connectivity index (χ3v) is 4.17. The van der Waals surface area contributed by atoms with Crippen LogP contribution in [0.1, 0.15) is 0 Å². The van der Waals surface area contributed by atoms with Crippen molar-refractivity contribution in [2.24, 2.45) is 5.10 Å². The Morgan fingerprint density at radius 3 is 2.50 bits per heavy atom. The maximum Gasteiger partial charge on any atom is 0.573 e. The van der Waals surface area contributed by atoms with Crippen LogP contribution in [0.5, 0.6) is 5.75 Å². The second kappa shape index (κ2) is 7.26. The highest BCUT2D eigenvalue weighted by Crippen LogP contribution is 2.25. The number of nitrogens with one attached hydrogen (secondary N) is 1. The molecule has 0 saturated heterocycles. The molecule has 0 saturated carbocycles. The lowest BCUT2D eigenvalue weighted by molar-refractivity contribution is -0.274. The topological polar surface area (TPSA) is 54.7 Å². The first-order chi connectivity index (χ1) is 13.5. The lowest BCUT2D eigenvalue weighted by Crippen LogP contribution is -2.43. The third kappa shape index (κ3) is 4.25. The summed E-state index contributed by atoms with van der Waals surface area (Å²) in [7, 11) is 0. The van der Waals surface area contributed by atoms with Crippen LogP contribution in [0.25, 0.3) is 17.3 Å². The maximum atomic E-state index is 12.3. The van der Waals surface area contributed by atoms with Gasteiger partial charge in [0.05, 0.1) is 18.4 Å². The van der Waals surface area contributed by atoms with Gasteiger partial charge in [0.15, 0.2) is 0 Å². The molecule has 144 valence electrons. The largest absolute Gasteiger partial charge is 0.573 e. The van der Waals surface area contributed by atoms with Crippen molar-refractivity contribution in [2.75, 3.05) is 6.54 Å². The van der Waals surface area contributed by atoms with E-state index < -0.39 is 6.36 Å². The Balaban J connectivity index is 1.53. The van der Waals surface area contributed by atoms with Crippen molar-refractivity contribution in [3.63, 3.8) is 0 Å². The summed E-state index contributed by atoms with van der Waals surface area (Å²) in [5, 5.41) is 12.1. The monoisotopic (exact) mass is 387 g/mol. The van der Waals surface area contributed by atoms with E-state index >= 15 is 0 Å². The Hall–Kier alpha value is -3.49. The van der Waals surface area contributed by atoms with Gasteiger partial charge in [-0.15, -0.1) is 13.2 Å². The summed E-state index contributed by atoms with van der Waals surface area (Å²) in [5.41, 5.74) is 4.62. The van der Waals surface area contributed by atoms with Crippen LogP contribution in [-0.4, -0.2) is 27.7 Å². The summed E-state index contributed by atoms with van der Waals surface area (Å²) in [6, 6.07) is 13.3. The third-order valence-electron chi connectivity index (χ3n) is 4.17. The van der Waals surface area contributed by atoms with Crippen LogP contribution in [0.3, 0.4) is 0 Å². The van der Waals surface area contributed by atoms with Gasteiger partial charge in [0.25, 0.3) is 0 Å². The van der Waals surface area contributed by atoms with E-state index in [-0.39, 0.29) is 5.75 Å². The zero-order valence-electron chi connectivity index (χ0n) is 14.6. The van der Waals surface area contributed by atoms with Crippen LogP contribution in [0, 0.1) is 0 Å². The van der Waals surface area contributed by atoms with Gasteiger partial charge in [0.1, 0.15) is 5.75 Å². The van der Waals surface area contributed by atoms with E-state index in [1.165, 1.54) is 12.1 Å². The average Bonchev–Trinajstić information content (AvgIpc) is 3.19. The van der Waals surface area contributed by atoms with E-state index in [9.17, 15) is 13.2 Å². The number of alkyl halides is 3. The van der Waals surface area contributed by atoms with E-state index in [1.54, 1.807) is 18.3 Å². The van der Waals surface area contributed by atoms with Crippen LogP contribution in [-0.2, 0) is 6.54 Å². The molecule has 1 N–H and O–H groups in total. The normalized spacial score (nSPS) is 13.2. The first-order valence-corrected chi connectivity index (χ1v) is 8.52. The predicted molar refractivity (Wildman–Crippen MR) is 95.9 cm³/mol. The highest BCUT2D eigenvalue weighted by Gasteiger charge is 2.30. The molecule has 0 bridgehead atoms. The second-order valence-electron chi connectivity index (χ2n) is 6.15. The SMILES string of the molecule is FC(F)(F)Oc1ccc(-c2ccc3c(c2)=CN(CCn2cccn2)NN=3)cc1. The number of hydrogen-bond acceptors (Lipinski definition) is 5. The van der Waals surface area contributed by atoms with Gasteiger partial charge in [-0.1, -0.05) is 18.2 Å². The molecule has 1 aromatic heterocycles. The lowest BCUT2D eigenvalue weighted by atomic mass is 10.0. The molecule has 28 heavy (non-hydrogen) atoms.